The number of ether oxygens (including phenoxy) is 1. The second kappa shape index (κ2) is 5.57. The Balaban J connectivity index is 2.34. The average molecular weight is 323 g/mol. The molecule has 0 aliphatic heterocycles. The lowest BCUT2D eigenvalue weighted by Gasteiger charge is -2.07. The van der Waals surface area contributed by atoms with Crippen LogP contribution in [0.4, 0.5) is 5.69 Å². The molecule has 1 heterocycles. The van der Waals surface area contributed by atoms with E-state index in [1.807, 2.05) is 0 Å². The first-order chi connectivity index (χ1) is 9.10. The summed E-state index contributed by atoms with van der Waals surface area (Å²) < 4.78 is 6.03. The zero-order valence-corrected chi connectivity index (χ0v) is 11.0. The highest BCUT2D eigenvalue weighted by Gasteiger charge is 2.11. The number of carbonyl (C=O) groups is 1. The van der Waals surface area contributed by atoms with E-state index in [-0.39, 0.29) is 11.4 Å². The third kappa shape index (κ3) is 3.14. The van der Waals surface area contributed by atoms with Crippen LogP contribution >= 0.6 is 15.9 Å². The summed E-state index contributed by atoms with van der Waals surface area (Å²) in [5, 5.41) is 10.7. The Bertz CT molecular complexity index is 645. The van der Waals surface area contributed by atoms with Crippen molar-refractivity contribution in [2.45, 2.75) is 0 Å². The number of nitrogens with zero attached hydrogens (tertiary/aromatic N) is 2. The highest BCUT2D eigenvalue weighted by molar-refractivity contribution is 9.10. The first kappa shape index (κ1) is 13.2. The standard InChI is InChI=1S/C12H7BrN2O4/c13-11-2-1-9(15(17)18)4-12(11)19-10-3-8(7-16)5-14-6-10/h1-7H. The molecule has 0 N–H and O–H groups in total. The maximum absolute atomic E-state index is 10.7. The van der Waals surface area contributed by atoms with Gasteiger partial charge in [0.05, 0.1) is 21.7 Å². The van der Waals surface area contributed by atoms with Crippen LogP contribution in [0.1, 0.15) is 10.4 Å². The van der Waals surface area contributed by atoms with Crippen LogP contribution in [0.25, 0.3) is 0 Å². The van der Waals surface area contributed by atoms with Crippen molar-refractivity contribution in [2.24, 2.45) is 0 Å². The fourth-order valence-corrected chi connectivity index (χ4v) is 1.69. The van der Waals surface area contributed by atoms with E-state index in [1.165, 1.54) is 36.7 Å². The second-order valence-corrected chi connectivity index (χ2v) is 4.40. The van der Waals surface area contributed by atoms with E-state index in [0.29, 0.717) is 22.1 Å². The second-order valence-electron chi connectivity index (χ2n) is 3.55. The fourth-order valence-electron chi connectivity index (χ4n) is 1.37. The van der Waals surface area contributed by atoms with Gasteiger partial charge in [-0.05, 0) is 28.1 Å². The Kier molecular flexibility index (Phi) is 3.86. The summed E-state index contributed by atoms with van der Waals surface area (Å²) in [4.78, 5) is 24.6. The monoisotopic (exact) mass is 322 g/mol. The van der Waals surface area contributed by atoms with Crippen molar-refractivity contribution in [1.82, 2.24) is 4.98 Å². The normalized spacial score (nSPS) is 9.95. The number of rotatable bonds is 4. The lowest BCUT2D eigenvalue weighted by Crippen LogP contribution is -1.92. The Labute approximate surface area is 116 Å². The SMILES string of the molecule is O=Cc1cncc(Oc2cc([N+](=O)[O-])ccc2Br)c1. The number of benzene rings is 1. The van der Waals surface area contributed by atoms with Crippen LogP contribution in [0.3, 0.4) is 0 Å². The van der Waals surface area contributed by atoms with Gasteiger partial charge in [-0.3, -0.25) is 19.9 Å². The van der Waals surface area contributed by atoms with Crippen LogP contribution in [0, 0.1) is 10.1 Å². The van der Waals surface area contributed by atoms with Gasteiger partial charge in [0.1, 0.15) is 11.5 Å². The van der Waals surface area contributed by atoms with Gasteiger partial charge < -0.3 is 4.74 Å². The molecule has 1 aromatic heterocycles. The molecule has 0 saturated heterocycles. The molecule has 96 valence electrons. The van der Waals surface area contributed by atoms with Crippen molar-refractivity contribution in [1.29, 1.82) is 0 Å². The number of nitro benzene ring substituents is 1. The van der Waals surface area contributed by atoms with E-state index in [2.05, 4.69) is 20.9 Å². The van der Waals surface area contributed by atoms with E-state index in [4.69, 9.17) is 4.74 Å². The van der Waals surface area contributed by atoms with E-state index < -0.39 is 4.92 Å². The summed E-state index contributed by atoms with van der Waals surface area (Å²) in [5.41, 5.74) is 0.275. The predicted octanol–water partition coefficient (Wildman–Crippen LogP) is 3.36. The van der Waals surface area contributed by atoms with Gasteiger partial charge in [-0.15, -0.1) is 0 Å². The van der Waals surface area contributed by atoms with Gasteiger partial charge in [-0.1, -0.05) is 0 Å². The number of halogens is 1. The van der Waals surface area contributed by atoms with E-state index >= 15 is 0 Å². The number of aromatic nitrogens is 1. The summed E-state index contributed by atoms with van der Waals surface area (Å²) in [5.74, 6) is 0.602. The van der Waals surface area contributed by atoms with Gasteiger partial charge >= 0.3 is 0 Å². The largest absolute Gasteiger partial charge is 0.454 e. The van der Waals surface area contributed by atoms with Gasteiger partial charge in [0.25, 0.3) is 5.69 Å². The molecule has 0 spiro atoms. The van der Waals surface area contributed by atoms with E-state index in [9.17, 15) is 14.9 Å². The van der Waals surface area contributed by atoms with E-state index in [1.54, 1.807) is 0 Å². The molecule has 1 aromatic carbocycles. The Hall–Kier alpha value is -2.28. The number of hydrogen-bond donors (Lipinski definition) is 0. The van der Waals surface area contributed by atoms with Crippen molar-refractivity contribution in [3.05, 3.63) is 56.8 Å². The molecule has 0 unspecified atom stereocenters. The summed E-state index contributed by atoms with van der Waals surface area (Å²) in [7, 11) is 0. The molecule has 7 heteroatoms. The van der Waals surface area contributed by atoms with E-state index in [0.717, 1.165) is 0 Å². The highest BCUT2D eigenvalue weighted by Crippen LogP contribution is 2.32. The Morgan fingerprint density at radius 3 is 2.79 bits per heavy atom. The Morgan fingerprint density at radius 1 is 1.32 bits per heavy atom. The quantitative estimate of drug-likeness (QED) is 0.489. The molecule has 0 bridgehead atoms. The third-order valence-electron chi connectivity index (χ3n) is 2.22. The molecule has 0 saturated carbocycles. The van der Waals surface area contributed by atoms with Crippen LogP contribution < -0.4 is 4.74 Å². The van der Waals surface area contributed by atoms with Crippen LogP contribution in [0.15, 0.2) is 41.1 Å². The molecule has 0 amide bonds. The lowest BCUT2D eigenvalue weighted by atomic mass is 10.3. The van der Waals surface area contributed by atoms with Gasteiger partial charge in [-0.2, -0.15) is 0 Å². The summed E-state index contributed by atoms with van der Waals surface area (Å²) in [6.45, 7) is 0. The number of nitro groups is 1. The van der Waals surface area contributed by atoms with Crippen LogP contribution in [0.5, 0.6) is 11.5 Å². The van der Waals surface area contributed by atoms with Crippen molar-refractivity contribution >= 4 is 27.9 Å². The molecular weight excluding hydrogens is 316 g/mol. The molecule has 6 nitrogen and oxygen atoms in total. The average Bonchev–Trinajstić information content (AvgIpc) is 2.41. The van der Waals surface area contributed by atoms with Gasteiger partial charge in [0.15, 0.2) is 6.29 Å². The van der Waals surface area contributed by atoms with Crippen molar-refractivity contribution in [3.63, 3.8) is 0 Å². The molecule has 2 rings (SSSR count). The van der Waals surface area contributed by atoms with Gasteiger partial charge in [0, 0.05) is 17.8 Å². The fraction of sp³-hybridized carbons (Fsp3) is 0. The van der Waals surface area contributed by atoms with Crippen LogP contribution in [0.2, 0.25) is 0 Å². The molecule has 0 aliphatic rings. The first-order valence-electron chi connectivity index (χ1n) is 5.12. The minimum Gasteiger partial charge on any atom is -0.454 e. The smallest absolute Gasteiger partial charge is 0.273 e. The lowest BCUT2D eigenvalue weighted by molar-refractivity contribution is -0.384. The minimum absolute atomic E-state index is 0.0855. The molecule has 0 aliphatic carbocycles. The Morgan fingerprint density at radius 2 is 2.11 bits per heavy atom. The van der Waals surface area contributed by atoms with Crippen molar-refractivity contribution < 1.29 is 14.5 Å². The number of pyridine rings is 1. The van der Waals surface area contributed by atoms with Crippen LogP contribution in [-0.4, -0.2) is 16.2 Å². The maximum atomic E-state index is 10.7. The zero-order valence-electron chi connectivity index (χ0n) is 9.45. The van der Waals surface area contributed by atoms with Crippen LogP contribution in [-0.2, 0) is 0 Å². The molecule has 0 atom stereocenters. The van der Waals surface area contributed by atoms with Crippen molar-refractivity contribution in [2.75, 3.05) is 0 Å². The predicted molar refractivity (Wildman–Crippen MR) is 70.5 cm³/mol. The first-order valence-corrected chi connectivity index (χ1v) is 5.91. The molecule has 0 radical (unpaired) electrons. The van der Waals surface area contributed by atoms with Gasteiger partial charge in [-0.25, -0.2) is 0 Å². The van der Waals surface area contributed by atoms with Gasteiger partial charge in [0.2, 0.25) is 0 Å². The number of hydrogen-bond acceptors (Lipinski definition) is 5. The van der Waals surface area contributed by atoms with Crippen molar-refractivity contribution in [3.8, 4) is 11.5 Å². The highest BCUT2D eigenvalue weighted by atomic mass is 79.9. The minimum atomic E-state index is -0.514. The third-order valence-corrected chi connectivity index (χ3v) is 2.88. The summed E-state index contributed by atoms with van der Waals surface area (Å²) in [6.07, 6.45) is 3.45. The summed E-state index contributed by atoms with van der Waals surface area (Å²) in [6, 6.07) is 5.66. The number of carbonyl (C=O) groups excluding carboxylic acids is 1. The zero-order chi connectivity index (χ0) is 13.8. The number of non-ortho nitro benzene ring substituents is 1. The summed E-state index contributed by atoms with van der Waals surface area (Å²) >= 11 is 3.24. The molecular formula is C12H7BrN2O4. The molecule has 2 aromatic rings. The number of aldehydes is 1. The molecule has 0 fully saturated rings. The maximum Gasteiger partial charge on any atom is 0.273 e. The topological polar surface area (TPSA) is 82.3 Å². The molecule has 19 heavy (non-hydrogen) atoms.